The minimum atomic E-state index is -0.189. The van der Waals surface area contributed by atoms with Gasteiger partial charge in [-0.1, -0.05) is 12.1 Å². The van der Waals surface area contributed by atoms with Crippen LogP contribution < -0.4 is 5.32 Å². The van der Waals surface area contributed by atoms with Crippen LogP contribution in [-0.4, -0.2) is 66.4 Å². The topological polar surface area (TPSA) is 79.0 Å². The number of rotatable bonds is 7. The zero-order valence-electron chi connectivity index (χ0n) is 19.3. The molecule has 1 saturated carbocycles. The first-order valence-corrected chi connectivity index (χ1v) is 12.0. The molecule has 3 amide bonds. The molecule has 2 saturated heterocycles. The second kappa shape index (κ2) is 10.0. The lowest BCUT2D eigenvalue weighted by Crippen LogP contribution is -2.48. The molecular weight excluding hydrogens is 406 g/mol. The minimum Gasteiger partial charge on any atom is -0.376 e. The van der Waals surface area contributed by atoms with Crippen molar-refractivity contribution in [3.8, 4) is 0 Å². The Kier molecular flexibility index (Phi) is 7.13. The number of hydrogen-bond acceptors (Lipinski definition) is 4. The number of piperidine rings is 1. The summed E-state index contributed by atoms with van der Waals surface area (Å²) in [6.07, 6.45) is 5.23. The summed E-state index contributed by atoms with van der Waals surface area (Å²) >= 11 is 0. The van der Waals surface area contributed by atoms with Crippen LogP contribution in [0.2, 0.25) is 0 Å². The van der Waals surface area contributed by atoms with E-state index in [1.54, 1.807) is 4.90 Å². The first kappa shape index (κ1) is 22.8. The molecule has 0 spiro atoms. The van der Waals surface area contributed by atoms with E-state index in [1.807, 2.05) is 36.9 Å². The molecule has 1 aromatic rings. The van der Waals surface area contributed by atoms with Gasteiger partial charge in [0.1, 0.15) is 0 Å². The summed E-state index contributed by atoms with van der Waals surface area (Å²) in [6, 6.07) is 5.82. The molecule has 174 valence electrons. The average molecular weight is 442 g/mol. The molecule has 0 bridgehead atoms. The van der Waals surface area contributed by atoms with Crippen LogP contribution in [0, 0.1) is 25.7 Å². The highest BCUT2D eigenvalue weighted by molar-refractivity contribution is 5.95. The standard InChI is InChI=1S/C25H35N3O4/c1-17-5-3-7-22(18(17)2)26-23(29)16-28(15-21-6-4-14-32-21)25(31)20-10-12-27(13-11-20)24(30)19-8-9-19/h3,5,7,19-21H,4,6,8-16H2,1-2H3,(H,26,29). The van der Waals surface area contributed by atoms with Crippen LogP contribution in [0.5, 0.6) is 0 Å². The van der Waals surface area contributed by atoms with Crippen LogP contribution in [0.3, 0.4) is 0 Å². The number of amides is 3. The molecule has 2 aliphatic heterocycles. The SMILES string of the molecule is Cc1cccc(NC(=O)CN(CC2CCCO2)C(=O)C2CCN(C(=O)C3CC3)CC2)c1C. The maximum Gasteiger partial charge on any atom is 0.244 e. The Balaban J connectivity index is 1.38. The van der Waals surface area contributed by atoms with Gasteiger partial charge in [-0.05, 0) is 69.6 Å². The zero-order chi connectivity index (χ0) is 22.7. The minimum absolute atomic E-state index is 0.00938. The summed E-state index contributed by atoms with van der Waals surface area (Å²) in [7, 11) is 0. The molecule has 7 nitrogen and oxygen atoms in total. The normalized spacial score (nSPS) is 21.4. The summed E-state index contributed by atoms with van der Waals surface area (Å²) in [5, 5.41) is 2.98. The quantitative estimate of drug-likeness (QED) is 0.706. The number of hydrogen-bond donors (Lipinski definition) is 1. The lowest BCUT2D eigenvalue weighted by atomic mass is 9.94. The van der Waals surface area contributed by atoms with Crippen LogP contribution in [0.4, 0.5) is 5.69 Å². The van der Waals surface area contributed by atoms with Crippen molar-refractivity contribution >= 4 is 23.4 Å². The molecule has 7 heteroatoms. The van der Waals surface area contributed by atoms with Gasteiger partial charge in [0.05, 0.1) is 12.6 Å². The van der Waals surface area contributed by atoms with Crippen molar-refractivity contribution < 1.29 is 19.1 Å². The second-order valence-electron chi connectivity index (χ2n) is 9.52. The Morgan fingerprint density at radius 3 is 2.47 bits per heavy atom. The van der Waals surface area contributed by atoms with Gasteiger partial charge in [-0.3, -0.25) is 14.4 Å². The van der Waals surface area contributed by atoms with Crippen LogP contribution in [0.15, 0.2) is 18.2 Å². The molecule has 3 fully saturated rings. The number of benzene rings is 1. The molecule has 0 aromatic heterocycles. The van der Waals surface area contributed by atoms with E-state index in [4.69, 9.17) is 4.74 Å². The summed E-state index contributed by atoms with van der Waals surface area (Å²) in [6.45, 7) is 6.44. The highest BCUT2D eigenvalue weighted by Crippen LogP contribution is 2.32. The van der Waals surface area contributed by atoms with E-state index in [0.29, 0.717) is 39.1 Å². The third-order valence-corrected chi connectivity index (χ3v) is 7.06. The van der Waals surface area contributed by atoms with Gasteiger partial charge in [0.2, 0.25) is 17.7 Å². The van der Waals surface area contributed by atoms with Crippen molar-refractivity contribution in [2.75, 3.05) is 38.1 Å². The largest absolute Gasteiger partial charge is 0.376 e. The molecule has 4 rings (SSSR count). The number of nitrogens with zero attached hydrogens (tertiary/aromatic N) is 2. The van der Waals surface area contributed by atoms with E-state index in [0.717, 1.165) is 42.5 Å². The van der Waals surface area contributed by atoms with Gasteiger partial charge in [0, 0.05) is 43.8 Å². The fourth-order valence-electron chi connectivity index (χ4n) is 4.71. The molecule has 1 N–H and O–H groups in total. The number of likely N-dealkylation sites (tertiary alicyclic amines) is 1. The molecule has 3 aliphatic rings. The van der Waals surface area contributed by atoms with Gasteiger partial charge in [-0.2, -0.15) is 0 Å². The molecule has 0 radical (unpaired) electrons. The molecule has 32 heavy (non-hydrogen) atoms. The molecular formula is C25H35N3O4. The number of aryl methyl sites for hydroxylation is 1. The second-order valence-corrected chi connectivity index (χ2v) is 9.52. The molecule has 2 heterocycles. The summed E-state index contributed by atoms with van der Waals surface area (Å²) < 4.78 is 5.76. The van der Waals surface area contributed by atoms with Crippen molar-refractivity contribution in [3.63, 3.8) is 0 Å². The van der Waals surface area contributed by atoms with Gasteiger partial charge in [-0.25, -0.2) is 0 Å². The van der Waals surface area contributed by atoms with E-state index >= 15 is 0 Å². The third-order valence-electron chi connectivity index (χ3n) is 7.06. The average Bonchev–Trinajstić information content (AvgIpc) is 3.52. The van der Waals surface area contributed by atoms with Gasteiger partial charge in [-0.15, -0.1) is 0 Å². The smallest absolute Gasteiger partial charge is 0.244 e. The summed E-state index contributed by atoms with van der Waals surface area (Å²) in [5.74, 6) is 0.141. The molecule has 1 aliphatic carbocycles. The van der Waals surface area contributed by atoms with Crippen molar-refractivity contribution in [2.45, 2.75) is 58.5 Å². The van der Waals surface area contributed by atoms with E-state index in [2.05, 4.69) is 5.32 Å². The summed E-state index contributed by atoms with van der Waals surface area (Å²) in [5.41, 5.74) is 2.93. The molecule has 1 atom stereocenters. The fourth-order valence-corrected chi connectivity index (χ4v) is 4.71. The lowest BCUT2D eigenvalue weighted by Gasteiger charge is -2.35. The molecule has 1 aromatic carbocycles. The Bertz CT molecular complexity index is 853. The van der Waals surface area contributed by atoms with Crippen molar-refractivity contribution in [1.82, 2.24) is 9.80 Å². The van der Waals surface area contributed by atoms with E-state index in [9.17, 15) is 14.4 Å². The number of anilines is 1. The first-order valence-electron chi connectivity index (χ1n) is 12.0. The third kappa shape index (κ3) is 5.49. The van der Waals surface area contributed by atoms with E-state index in [-0.39, 0.29) is 42.2 Å². The lowest BCUT2D eigenvalue weighted by molar-refractivity contribution is -0.143. The summed E-state index contributed by atoms with van der Waals surface area (Å²) in [4.78, 5) is 42.2. The number of carbonyl (C=O) groups is 3. The van der Waals surface area contributed by atoms with Crippen molar-refractivity contribution in [1.29, 1.82) is 0 Å². The highest BCUT2D eigenvalue weighted by Gasteiger charge is 2.37. The highest BCUT2D eigenvalue weighted by atomic mass is 16.5. The Hall–Kier alpha value is -2.41. The number of ether oxygens (including phenoxy) is 1. The van der Waals surface area contributed by atoms with E-state index in [1.165, 1.54) is 0 Å². The van der Waals surface area contributed by atoms with Gasteiger partial charge in [0.25, 0.3) is 0 Å². The van der Waals surface area contributed by atoms with Crippen LogP contribution in [0.1, 0.15) is 49.7 Å². The van der Waals surface area contributed by atoms with Crippen molar-refractivity contribution in [2.24, 2.45) is 11.8 Å². The van der Waals surface area contributed by atoms with Crippen LogP contribution in [-0.2, 0) is 19.1 Å². The number of nitrogens with one attached hydrogen (secondary N) is 1. The maximum absolute atomic E-state index is 13.4. The van der Waals surface area contributed by atoms with Gasteiger partial charge in [0.15, 0.2) is 0 Å². The Labute approximate surface area is 190 Å². The van der Waals surface area contributed by atoms with Gasteiger partial charge < -0.3 is 19.9 Å². The molecule has 1 unspecified atom stereocenters. The fraction of sp³-hybridized carbons (Fsp3) is 0.640. The van der Waals surface area contributed by atoms with Crippen LogP contribution >= 0.6 is 0 Å². The van der Waals surface area contributed by atoms with E-state index < -0.39 is 0 Å². The predicted octanol–water partition coefficient (Wildman–Crippen LogP) is 2.90. The van der Waals surface area contributed by atoms with Crippen molar-refractivity contribution in [3.05, 3.63) is 29.3 Å². The van der Waals surface area contributed by atoms with Gasteiger partial charge >= 0.3 is 0 Å². The Morgan fingerprint density at radius 2 is 1.81 bits per heavy atom. The first-order chi connectivity index (χ1) is 15.4. The Morgan fingerprint density at radius 1 is 1.06 bits per heavy atom. The number of carbonyl (C=O) groups excluding carboxylic acids is 3. The zero-order valence-corrected chi connectivity index (χ0v) is 19.3. The predicted molar refractivity (Wildman–Crippen MR) is 122 cm³/mol. The van der Waals surface area contributed by atoms with Crippen LogP contribution in [0.25, 0.3) is 0 Å². The monoisotopic (exact) mass is 441 g/mol. The maximum atomic E-state index is 13.4.